The monoisotopic (exact) mass is 288 g/mol. The first-order valence-electron chi connectivity index (χ1n) is 6.78. The van der Waals surface area contributed by atoms with E-state index in [2.05, 4.69) is 29.5 Å². The molecular weight excluding hydrogens is 268 g/mol. The van der Waals surface area contributed by atoms with Gasteiger partial charge in [-0.15, -0.1) is 11.8 Å². The Labute approximate surface area is 124 Å². The van der Waals surface area contributed by atoms with Gasteiger partial charge in [0, 0.05) is 23.2 Å². The summed E-state index contributed by atoms with van der Waals surface area (Å²) in [5.74, 6) is 1.84. The van der Waals surface area contributed by atoms with Crippen molar-refractivity contribution in [3.8, 4) is 5.75 Å². The molecule has 0 amide bonds. The van der Waals surface area contributed by atoms with Crippen LogP contribution in [-0.2, 0) is 6.61 Å². The Hall–Kier alpha value is -1.68. The molecule has 1 aromatic carbocycles. The predicted octanol–water partition coefficient (Wildman–Crippen LogP) is 4.20. The minimum absolute atomic E-state index is 0.540. The summed E-state index contributed by atoms with van der Waals surface area (Å²) in [6, 6.07) is 12.1. The van der Waals surface area contributed by atoms with E-state index in [1.165, 1.54) is 0 Å². The van der Waals surface area contributed by atoms with E-state index in [9.17, 15) is 0 Å². The molecular formula is C16H20N2OS. The van der Waals surface area contributed by atoms with Gasteiger partial charge in [0.2, 0.25) is 0 Å². The Morgan fingerprint density at radius 3 is 2.75 bits per heavy atom. The van der Waals surface area contributed by atoms with Gasteiger partial charge >= 0.3 is 0 Å². The van der Waals surface area contributed by atoms with E-state index < -0.39 is 0 Å². The van der Waals surface area contributed by atoms with Crippen LogP contribution in [0.5, 0.6) is 5.75 Å². The molecule has 0 aliphatic carbocycles. The molecule has 2 rings (SSSR count). The lowest BCUT2D eigenvalue weighted by molar-refractivity contribution is 0.298. The Kier molecular flexibility index (Phi) is 5.74. The summed E-state index contributed by atoms with van der Waals surface area (Å²) in [4.78, 5) is 5.53. The summed E-state index contributed by atoms with van der Waals surface area (Å²) in [5, 5.41) is 3.26. The molecule has 1 heterocycles. The first-order chi connectivity index (χ1) is 9.83. The maximum Gasteiger partial charge on any atom is 0.133 e. The Bertz CT molecular complexity index is 528. The van der Waals surface area contributed by atoms with Crippen molar-refractivity contribution in [1.29, 1.82) is 0 Å². The molecule has 4 heteroatoms. The molecule has 0 saturated carbocycles. The number of thioether (sulfide) groups is 1. The molecule has 0 atom stereocenters. The van der Waals surface area contributed by atoms with E-state index in [1.807, 2.05) is 36.5 Å². The molecule has 0 fully saturated rings. The summed E-state index contributed by atoms with van der Waals surface area (Å²) < 4.78 is 5.85. The third-order valence-corrected chi connectivity index (χ3v) is 3.62. The third-order valence-electron chi connectivity index (χ3n) is 2.84. The minimum atomic E-state index is 0.540. The van der Waals surface area contributed by atoms with Gasteiger partial charge in [-0.05, 0) is 30.9 Å². The van der Waals surface area contributed by atoms with Crippen molar-refractivity contribution in [1.82, 2.24) is 4.98 Å². The quantitative estimate of drug-likeness (QED) is 0.774. The van der Waals surface area contributed by atoms with Gasteiger partial charge in [0.05, 0.1) is 0 Å². The largest absolute Gasteiger partial charge is 0.488 e. The van der Waals surface area contributed by atoms with E-state index >= 15 is 0 Å². The summed E-state index contributed by atoms with van der Waals surface area (Å²) in [6.45, 7) is 3.63. The molecule has 0 spiro atoms. The van der Waals surface area contributed by atoms with Crippen LogP contribution in [0.15, 0.2) is 47.5 Å². The highest BCUT2D eigenvalue weighted by Crippen LogP contribution is 2.27. The van der Waals surface area contributed by atoms with E-state index in [4.69, 9.17) is 4.74 Å². The number of nitrogens with zero attached hydrogens (tertiary/aromatic N) is 1. The molecule has 106 valence electrons. The lowest BCUT2D eigenvalue weighted by Crippen LogP contribution is -2.03. The Balaban J connectivity index is 1.93. The molecule has 0 unspecified atom stereocenters. The second-order valence-electron chi connectivity index (χ2n) is 4.42. The number of ether oxygens (including phenoxy) is 1. The number of hydrogen-bond acceptors (Lipinski definition) is 4. The molecule has 3 nitrogen and oxygen atoms in total. The summed E-state index contributed by atoms with van der Waals surface area (Å²) in [5.41, 5.74) is 1.07. The van der Waals surface area contributed by atoms with Crippen LogP contribution < -0.4 is 10.1 Å². The van der Waals surface area contributed by atoms with Gasteiger partial charge in [0.15, 0.2) is 0 Å². The summed E-state index contributed by atoms with van der Waals surface area (Å²) in [6.07, 6.45) is 5.01. The number of pyridine rings is 1. The van der Waals surface area contributed by atoms with Crippen LogP contribution in [-0.4, -0.2) is 17.8 Å². The third kappa shape index (κ3) is 4.17. The molecule has 2 aromatic rings. The highest BCUT2D eigenvalue weighted by atomic mass is 32.2. The number of aromatic nitrogens is 1. The van der Waals surface area contributed by atoms with Crippen LogP contribution in [0.1, 0.15) is 18.9 Å². The Morgan fingerprint density at radius 2 is 2.05 bits per heavy atom. The van der Waals surface area contributed by atoms with Crippen molar-refractivity contribution in [2.24, 2.45) is 0 Å². The van der Waals surface area contributed by atoms with Gasteiger partial charge < -0.3 is 10.1 Å². The van der Waals surface area contributed by atoms with Crippen LogP contribution >= 0.6 is 11.8 Å². The average molecular weight is 288 g/mol. The highest BCUT2D eigenvalue weighted by Gasteiger charge is 2.02. The second-order valence-corrected chi connectivity index (χ2v) is 5.27. The summed E-state index contributed by atoms with van der Waals surface area (Å²) >= 11 is 1.69. The maximum atomic E-state index is 5.85. The normalized spacial score (nSPS) is 10.3. The topological polar surface area (TPSA) is 34.1 Å². The fourth-order valence-electron chi connectivity index (χ4n) is 1.77. The van der Waals surface area contributed by atoms with Crippen LogP contribution in [0.3, 0.4) is 0 Å². The number of benzene rings is 1. The van der Waals surface area contributed by atoms with Crippen molar-refractivity contribution < 1.29 is 4.74 Å². The van der Waals surface area contributed by atoms with Crippen molar-refractivity contribution in [3.05, 3.63) is 48.2 Å². The smallest absolute Gasteiger partial charge is 0.133 e. The molecule has 0 aliphatic rings. The molecule has 1 aromatic heterocycles. The first kappa shape index (κ1) is 14.7. The predicted molar refractivity (Wildman–Crippen MR) is 85.6 cm³/mol. The van der Waals surface area contributed by atoms with Crippen molar-refractivity contribution >= 4 is 17.6 Å². The zero-order valence-electron chi connectivity index (χ0n) is 11.9. The number of rotatable bonds is 7. The van der Waals surface area contributed by atoms with E-state index in [0.29, 0.717) is 6.61 Å². The summed E-state index contributed by atoms with van der Waals surface area (Å²) in [7, 11) is 0. The fourth-order valence-corrected chi connectivity index (χ4v) is 2.31. The van der Waals surface area contributed by atoms with Crippen LogP contribution in [0, 0.1) is 0 Å². The van der Waals surface area contributed by atoms with E-state index in [-0.39, 0.29) is 0 Å². The molecule has 0 saturated heterocycles. The van der Waals surface area contributed by atoms with Gasteiger partial charge in [0.25, 0.3) is 0 Å². The van der Waals surface area contributed by atoms with E-state index in [0.717, 1.165) is 35.0 Å². The number of anilines is 1. The SMILES string of the molecule is CCCNc1ccc(COc2ccccc2SC)cn1. The second kappa shape index (κ2) is 7.80. The minimum Gasteiger partial charge on any atom is -0.488 e. The molecule has 0 aliphatic heterocycles. The van der Waals surface area contributed by atoms with Gasteiger partial charge in [-0.1, -0.05) is 25.1 Å². The lowest BCUT2D eigenvalue weighted by atomic mass is 10.3. The molecule has 20 heavy (non-hydrogen) atoms. The Morgan fingerprint density at radius 1 is 1.20 bits per heavy atom. The zero-order valence-corrected chi connectivity index (χ0v) is 12.7. The number of hydrogen-bond donors (Lipinski definition) is 1. The van der Waals surface area contributed by atoms with Crippen LogP contribution in [0.25, 0.3) is 0 Å². The van der Waals surface area contributed by atoms with Crippen molar-refractivity contribution in [3.63, 3.8) is 0 Å². The van der Waals surface area contributed by atoms with Crippen molar-refractivity contribution in [2.75, 3.05) is 18.1 Å². The van der Waals surface area contributed by atoms with Gasteiger partial charge in [-0.2, -0.15) is 0 Å². The van der Waals surface area contributed by atoms with Crippen LogP contribution in [0.2, 0.25) is 0 Å². The zero-order chi connectivity index (χ0) is 14.2. The maximum absolute atomic E-state index is 5.85. The number of para-hydroxylation sites is 1. The highest BCUT2D eigenvalue weighted by molar-refractivity contribution is 7.98. The van der Waals surface area contributed by atoms with Crippen molar-refractivity contribution in [2.45, 2.75) is 24.8 Å². The van der Waals surface area contributed by atoms with Gasteiger partial charge in [-0.25, -0.2) is 4.98 Å². The van der Waals surface area contributed by atoms with Crippen LogP contribution in [0.4, 0.5) is 5.82 Å². The van der Waals surface area contributed by atoms with Gasteiger partial charge in [0.1, 0.15) is 18.2 Å². The molecule has 0 radical (unpaired) electrons. The molecule has 1 N–H and O–H groups in total. The molecule has 0 bridgehead atoms. The number of nitrogens with one attached hydrogen (secondary N) is 1. The van der Waals surface area contributed by atoms with Gasteiger partial charge in [-0.3, -0.25) is 0 Å². The standard InChI is InChI=1S/C16H20N2OS/c1-3-10-17-16-9-8-13(11-18-16)12-19-14-6-4-5-7-15(14)20-2/h4-9,11H,3,10,12H2,1-2H3,(H,17,18). The first-order valence-corrected chi connectivity index (χ1v) is 8.00. The van der Waals surface area contributed by atoms with E-state index in [1.54, 1.807) is 11.8 Å². The lowest BCUT2D eigenvalue weighted by Gasteiger charge is -2.10. The average Bonchev–Trinajstić information content (AvgIpc) is 2.52. The fraction of sp³-hybridized carbons (Fsp3) is 0.312.